The van der Waals surface area contributed by atoms with Crippen molar-refractivity contribution in [1.82, 2.24) is 16.2 Å². The van der Waals surface area contributed by atoms with E-state index in [-0.39, 0.29) is 18.3 Å². The fourth-order valence-corrected chi connectivity index (χ4v) is 5.07. The van der Waals surface area contributed by atoms with Crippen molar-refractivity contribution in [2.75, 3.05) is 0 Å². The predicted molar refractivity (Wildman–Crippen MR) is 93.3 cm³/mol. The van der Waals surface area contributed by atoms with Gasteiger partial charge in [-0.15, -0.1) is 0 Å². The molecule has 10 atom stereocenters. The molecule has 0 radical (unpaired) electrons. The van der Waals surface area contributed by atoms with E-state index in [1.807, 2.05) is 0 Å². The number of hydrogen-bond acceptors (Lipinski definition) is 6. The average Bonchev–Trinajstić information content (AvgIpc) is 3.15. The fraction of sp³-hybridized carbons (Fsp3) is 1.00. The van der Waals surface area contributed by atoms with Crippen LogP contribution in [0.5, 0.6) is 0 Å². The third kappa shape index (κ3) is 4.73. The number of nitrogens with two attached hydrogens (primary N) is 1. The Morgan fingerprint density at radius 3 is 2.10 bits per heavy atom. The second kappa shape index (κ2) is 8.04. The quantitative estimate of drug-likeness (QED) is 0.428. The molecule has 3 heterocycles. The molecule has 4 aliphatic rings. The molecule has 3 saturated heterocycles. The summed E-state index contributed by atoms with van der Waals surface area (Å²) in [6.07, 6.45) is -11.9. The summed E-state index contributed by atoms with van der Waals surface area (Å²) >= 11 is 0. The Morgan fingerprint density at radius 2 is 1.43 bits per heavy atom. The van der Waals surface area contributed by atoms with Crippen LogP contribution >= 0.6 is 0 Å². The second-order valence-corrected chi connectivity index (χ2v) is 9.09. The molecule has 0 spiro atoms. The first-order valence-electron chi connectivity index (χ1n) is 10.4. The number of fused-ring (bicyclic) bond motifs is 6. The summed E-state index contributed by atoms with van der Waals surface area (Å²) in [5.41, 5.74) is 11.2. The van der Waals surface area contributed by atoms with Crippen LogP contribution in [0.15, 0.2) is 0 Å². The standard InChI is InChI=1S/C18H28F6N4O2/c1-7-4-9-5-8(9)2-3-10(17(19,20)21)15-27-28-16(30-15)13-12(25)6-11(18(22,23)24)14(26-13)29-7/h7-16,26-28H,2-6,25H2,1H3/t7-,8?,9?,10-,11?,12?,13?,14?,15?,16?/m1/s1. The maximum absolute atomic E-state index is 13.7. The van der Waals surface area contributed by atoms with E-state index >= 15 is 0 Å². The highest BCUT2D eigenvalue weighted by atomic mass is 19.4. The van der Waals surface area contributed by atoms with Gasteiger partial charge < -0.3 is 15.2 Å². The number of alkyl halides is 6. The Labute approximate surface area is 170 Å². The summed E-state index contributed by atoms with van der Waals surface area (Å²) in [5, 5.41) is 2.78. The van der Waals surface area contributed by atoms with Crippen molar-refractivity contribution in [2.24, 2.45) is 29.4 Å². The van der Waals surface area contributed by atoms with Crippen molar-refractivity contribution < 1.29 is 35.8 Å². The lowest BCUT2D eigenvalue weighted by molar-refractivity contribution is -0.238. The van der Waals surface area contributed by atoms with Gasteiger partial charge in [-0.2, -0.15) is 26.3 Å². The van der Waals surface area contributed by atoms with Crippen LogP contribution in [0.4, 0.5) is 26.3 Å². The Morgan fingerprint density at radius 1 is 0.767 bits per heavy atom. The van der Waals surface area contributed by atoms with Crippen LogP contribution in [0.3, 0.4) is 0 Å². The fourth-order valence-electron chi connectivity index (χ4n) is 5.07. The summed E-state index contributed by atoms with van der Waals surface area (Å²) < 4.78 is 93.1. The van der Waals surface area contributed by atoms with Crippen molar-refractivity contribution in [2.45, 2.75) is 88.3 Å². The van der Waals surface area contributed by atoms with Crippen LogP contribution in [0.2, 0.25) is 0 Å². The maximum Gasteiger partial charge on any atom is 0.395 e. The maximum atomic E-state index is 13.7. The van der Waals surface area contributed by atoms with Gasteiger partial charge in [0.2, 0.25) is 0 Å². The van der Waals surface area contributed by atoms with Crippen LogP contribution in [-0.4, -0.2) is 49.2 Å². The van der Waals surface area contributed by atoms with Crippen LogP contribution in [0.1, 0.15) is 39.0 Å². The highest BCUT2D eigenvalue weighted by molar-refractivity contribution is 4.99. The SMILES string of the molecule is C[C@@H]1CC2CC2CC[C@@H](C(F)(F)F)C2NNC(O2)C2NC(O1)C(C(F)(F)F)CC2N. The third-order valence-corrected chi connectivity index (χ3v) is 6.83. The van der Waals surface area contributed by atoms with Crippen LogP contribution in [0.25, 0.3) is 0 Å². The molecular weight excluding hydrogens is 418 g/mol. The molecule has 12 heteroatoms. The van der Waals surface area contributed by atoms with E-state index in [0.717, 1.165) is 6.42 Å². The number of hydrogen-bond donors (Lipinski definition) is 4. The van der Waals surface area contributed by atoms with Crippen molar-refractivity contribution in [1.29, 1.82) is 0 Å². The van der Waals surface area contributed by atoms with Gasteiger partial charge in [-0.05, 0) is 50.9 Å². The van der Waals surface area contributed by atoms with Crippen LogP contribution in [0, 0.1) is 23.7 Å². The largest absolute Gasteiger partial charge is 0.395 e. The lowest BCUT2D eigenvalue weighted by atomic mass is 9.87. The number of rotatable bonds is 0. The van der Waals surface area contributed by atoms with Gasteiger partial charge in [-0.3, -0.25) is 5.32 Å². The highest BCUT2D eigenvalue weighted by Crippen LogP contribution is 2.48. The van der Waals surface area contributed by atoms with Crippen LogP contribution < -0.4 is 21.9 Å². The molecule has 5 N–H and O–H groups in total. The van der Waals surface area contributed by atoms with Crippen molar-refractivity contribution in [3.63, 3.8) is 0 Å². The van der Waals surface area contributed by atoms with Gasteiger partial charge in [0.15, 0.2) is 0 Å². The molecule has 4 bridgehead atoms. The number of piperidine rings is 1. The normalized spacial score (nSPS) is 48.0. The Balaban J connectivity index is 1.58. The Hall–Kier alpha value is -0.660. The van der Waals surface area contributed by atoms with Crippen molar-refractivity contribution in [3.8, 4) is 0 Å². The molecule has 0 amide bonds. The van der Waals surface area contributed by atoms with Gasteiger partial charge in [-0.1, -0.05) is 0 Å². The predicted octanol–water partition coefficient (Wildman–Crippen LogP) is 2.36. The zero-order valence-electron chi connectivity index (χ0n) is 16.5. The number of halogens is 6. The molecule has 3 aliphatic heterocycles. The molecule has 0 aromatic heterocycles. The van der Waals surface area contributed by atoms with E-state index in [9.17, 15) is 26.3 Å². The third-order valence-electron chi connectivity index (χ3n) is 6.83. The Bertz CT molecular complexity index is 620. The zero-order valence-corrected chi connectivity index (χ0v) is 16.5. The summed E-state index contributed by atoms with van der Waals surface area (Å²) in [7, 11) is 0. The molecule has 4 rings (SSSR count). The average molecular weight is 446 g/mol. The van der Waals surface area contributed by atoms with E-state index < -0.39 is 67.5 Å². The molecule has 1 saturated carbocycles. The molecule has 30 heavy (non-hydrogen) atoms. The molecule has 6 nitrogen and oxygen atoms in total. The minimum atomic E-state index is -4.51. The van der Waals surface area contributed by atoms with Gasteiger partial charge in [-0.25, -0.2) is 10.9 Å². The minimum Gasteiger partial charge on any atom is -0.360 e. The molecule has 8 unspecified atom stereocenters. The molecule has 0 aromatic carbocycles. The lowest BCUT2D eigenvalue weighted by Gasteiger charge is -2.44. The van der Waals surface area contributed by atoms with Gasteiger partial charge in [0.1, 0.15) is 18.7 Å². The number of nitrogens with one attached hydrogen (secondary N) is 3. The van der Waals surface area contributed by atoms with E-state index in [1.54, 1.807) is 6.92 Å². The first kappa shape index (κ1) is 22.5. The van der Waals surface area contributed by atoms with Gasteiger partial charge >= 0.3 is 12.4 Å². The number of ether oxygens (including phenoxy) is 2. The minimum absolute atomic E-state index is 0.0745. The van der Waals surface area contributed by atoms with Gasteiger partial charge in [0, 0.05) is 6.04 Å². The van der Waals surface area contributed by atoms with E-state index in [4.69, 9.17) is 15.2 Å². The summed E-state index contributed by atoms with van der Waals surface area (Å²) in [5.74, 6) is -3.22. The van der Waals surface area contributed by atoms with E-state index in [0.29, 0.717) is 12.8 Å². The molecule has 1 aliphatic carbocycles. The summed E-state index contributed by atoms with van der Waals surface area (Å²) in [6.45, 7) is 1.71. The second-order valence-electron chi connectivity index (χ2n) is 9.09. The summed E-state index contributed by atoms with van der Waals surface area (Å²) in [6, 6.07) is -1.82. The van der Waals surface area contributed by atoms with Crippen molar-refractivity contribution >= 4 is 0 Å². The Kier molecular flexibility index (Phi) is 6.04. The van der Waals surface area contributed by atoms with Gasteiger partial charge in [0.05, 0.1) is 24.0 Å². The molecular formula is C18H28F6N4O2. The zero-order chi connectivity index (χ0) is 21.8. The topological polar surface area (TPSA) is 80.6 Å². The molecule has 174 valence electrons. The summed E-state index contributed by atoms with van der Waals surface area (Å²) in [4.78, 5) is 0. The van der Waals surface area contributed by atoms with E-state index in [2.05, 4.69) is 16.2 Å². The molecule has 0 aromatic rings. The van der Waals surface area contributed by atoms with Crippen molar-refractivity contribution in [3.05, 3.63) is 0 Å². The monoisotopic (exact) mass is 446 g/mol. The van der Waals surface area contributed by atoms with Gasteiger partial charge in [0.25, 0.3) is 0 Å². The smallest absolute Gasteiger partial charge is 0.360 e. The number of hydrazine groups is 1. The first-order chi connectivity index (χ1) is 13.9. The first-order valence-corrected chi connectivity index (χ1v) is 10.4. The highest BCUT2D eigenvalue weighted by Gasteiger charge is 2.55. The van der Waals surface area contributed by atoms with Crippen LogP contribution in [-0.2, 0) is 9.47 Å². The molecule has 4 fully saturated rings. The lowest BCUT2D eigenvalue weighted by Crippen LogP contribution is -2.67. The van der Waals surface area contributed by atoms with E-state index in [1.165, 1.54) is 0 Å².